The lowest BCUT2D eigenvalue weighted by molar-refractivity contribution is 0.805. The van der Waals surface area contributed by atoms with Gasteiger partial charge in [0.05, 0.1) is 5.41 Å². The van der Waals surface area contributed by atoms with E-state index in [9.17, 15) is 0 Å². The summed E-state index contributed by atoms with van der Waals surface area (Å²) in [4.78, 5) is 8.11. The molecule has 0 fully saturated rings. The minimum atomic E-state index is -0.365. The normalized spacial score (nSPS) is 19.0. The first-order valence-corrected chi connectivity index (χ1v) is 11.3. The second-order valence-corrected chi connectivity index (χ2v) is 8.78. The first-order chi connectivity index (χ1) is 15.9. The lowest BCUT2D eigenvalue weighted by atomic mass is 9.64. The van der Waals surface area contributed by atoms with Crippen LogP contribution in [0.25, 0.3) is 22.0 Å². The van der Waals surface area contributed by atoms with Crippen LogP contribution in [-0.2, 0) is 11.8 Å². The van der Waals surface area contributed by atoms with Crippen molar-refractivity contribution < 1.29 is 0 Å². The molecule has 32 heavy (non-hydrogen) atoms. The van der Waals surface area contributed by atoms with Crippen molar-refractivity contribution in [2.45, 2.75) is 18.3 Å². The third-order valence-corrected chi connectivity index (χ3v) is 7.31. The SMILES string of the molecule is c1ccc(C2(c3ccncc3)C3=C(CCc4[nH]c5ccccc5c43)c3ccccc32)cc1. The van der Waals surface area contributed by atoms with Gasteiger partial charge in [-0.15, -0.1) is 0 Å². The van der Waals surface area contributed by atoms with E-state index < -0.39 is 0 Å². The van der Waals surface area contributed by atoms with E-state index in [2.05, 4.69) is 101 Å². The van der Waals surface area contributed by atoms with E-state index in [1.807, 2.05) is 12.4 Å². The molecular formula is C30H22N2. The summed E-state index contributed by atoms with van der Waals surface area (Å²) in [5, 5.41) is 1.32. The van der Waals surface area contributed by atoms with Gasteiger partial charge in [-0.25, -0.2) is 0 Å². The summed E-state index contributed by atoms with van der Waals surface area (Å²) in [5.74, 6) is 0. The van der Waals surface area contributed by atoms with Crippen molar-refractivity contribution in [1.82, 2.24) is 9.97 Å². The maximum absolute atomic E-state index is 4.36. The molecule has 0 bridgehead atoms. The highest BCUT2D eigenvalue weighted by molar-refractivity contribution is 6.12. The first kappa shape index (κ1) is 17.7. The van der Waals surface area contributed by atoms with Gasteiger partial charge in [0.1, 0.15) is 0 Å². The molecule has 1 unspecified atom stereocenters. The number of hydrogen-bond donors (Lipinski definition) is 1. The van der Waals surface area contributed by atoms with Crippen LogP contribution in [0.1, 0.15) is 39.9 Å². The van der Waals surface area contributed by atoms with E-state index in [0.29, 0.717) is 0 Å². The number of aromatic nitrogens is 2. The quantitative estimate of drug-likeness (QED) is 0.342. The third kappa shape index (κ3) is 2.17. The van der Waals surface area contributed by atoms with Gasteiger partial charge in [0.15, 0.2) is 0 Å². The standard InChI is InChI=1S/C30H22N2/c1-2-8-20(9-3-1)30(21-16-18-31-19-17-21)25-12-6-4-10-22(25)23-14-15-27-28(29(23)30)24-11-5-7-13-26(24)32-27/h1-13,16-19,32H,14-15H2. The largest absolute Gasteiger partial charge is 0.358 e. The molecular weight excluding hydrogens is 388 g/mol. The van der Waals surface area contributed by atoms with E-state index in [4.69, 9.17) is 0 Å². The van der Waals surface area contributed by atoms with Crippen LogP contribution in [-0.4, -0.2) is 9.97 Å². The number of para-hydroxylation sites is 1. The Morgan fingerprint density at radius 3 is 2.28 bits per heavy atom. The Bertz CT molecular complexity index is 1470. The van der Waals surface area contributed by atoms with Gasteiger partial charge >= 0.3 is 0 Å². The van der Waals surface area contributed by atoms with Gasteiger partial charge in [0.25, 0.3) is 0 Å². The molecule has 0 amide bonds. The van der Waals surface area contributed by atoms with Crippen LogP contribution in [0, 0.1) is 0 Å². The number of pyridine rings is 1. The van der Waals surface area contributed by atoms with Gasteiger partial charge in [-0.1, -0.05) is 72.8 Å². The highest BCUT2D eigenvalue weighted by Crippen LogP contribution is 2.61. The summed E-state index contributed by atoms with van der Waals surface area (Å²) in [7, 11) is 0. The van der Waals surface area contributed by atoms with Crippen LogP contribution in [0.2, 0.25) is 0 Å². The van der Waals surface area contributed by atoms with Gasteiger partial charge in [0.2, 0.25) is 0 Å². The van der Waals surface area contributed by atoms with E-state index in [-0.39, 0.29) is 5.41 Å². The molecule has 1 N–H and O–H groups in total. The fourth-order valence-electron chi connectivity index (χ4n) is 6.14. The van der Waals surface area contributed by atoms with Gasteiger partial charge in [-0.05, 0) is 64.4 Å². The second-order valence-electron chi connectivity index (χ2n) is 8.78. The Morgan fingerprint density at radius 2 is 1.41 bits per heavy atom. The number of nitrogens with one attached hydrogen (secondary N) is 1. The molecule has 7 rings (SSSR count). The zero-order valence-corrected chi connectivity index (χ0v) is 17.7. The van der Waals surface area contributed by atoms with E-state index >= 15 is 0 Å². The van der Waals surface area contributed by atoms with Crippen molar-refractivity contribution in [2.24, 2.45) is 0 Å². The molecule has 2 nitrogen and oxygen atoms in total. The summed E-state index contributed by atoms with van der Waals surface area (Å²) >= 11 is 0. The number of fused-ring (bicyclic) bond motifs is 6. The maximum atomic E-state index is 4.36. The smallest absolute Gasteiger partial charge is 0.0718 e. The lowest BCUT2D eigenvalue weighted by Gasteiger charge is -2.37. The number of H-pyrrole nitrogens is 1. The van der Waals surface area contributed by atoms with Crippen molar-refractivity contribution >= 4 is 22.0 Å². The number of rotatable bonds is 2. The molecule has 0 aliphatic heterocycles. The number of aromatic amines is 1. The van der Waals surface area contributed by atoms with Crippen LogP contribution in [0.3, 0.4) is 0 Å². The summed E-state index contributed by atoms with van der Waals surface area (Å²) in [6, 6.07) is 33.2. The van der Waals surface area contributed by atoms with E-state index in [1.165, 1.54) is 55.6 Å². The number of nitrogens with zero attached hydrogens (tertiary/aromatic N) is 1. The Morgan fingerprint density at radius 1 is 0.688 bits per heavy atom. The van der Waals surface area contributed by atoms with E-state index in [0.717, 1.165) is 12.8 Å². The predicted octanol–water partition coefficient (Wildman–Crippen LogP) is 6.77. The molecule has 0 saturated heterocycles. The molecule has 2 aromatic heterocycles. The average molecular weight is 411 g/mol. The maximum Gasteiger partial charge on any atom is 0.0718 e. The zero-order chi connectivity index (χ0) is 21.1. The summed E-state index contributed by atoms with van der Waals surface area (Å²) in [6.07, 6.45) is 5.95. The van der Waals surface area contributed by atoms with Crippen molar-refractivity contribution in [1.29, 1.82) is 0 Å². The van der Waals surface area contributed by atoms with Crippen LogP contribution in [0.5, 0.6) is 0 Å². The predicted molar refractivity (Wildman–Crippen MR) is 130 cm³/mol. The molecule has 0 radical (unpaired) electrons. The zero-order valence-electron chi connectivity index (χ0n) is 17.7. The third-order valence-electron chi connectivity index (χ3n) is 7.31. The fourth-order valence-corrected chi connectivity index (χ4v) is 6.14. The summed E-state index contributed by atoms with van der Waals surface area (Å²) in [5.41, 5.74) is 11.9. The van der Waals surface area contributed by atoms with Crippen molar-refractivity contribution in [3.63, 3.8) is 0 Å². The van der Waals surface area contributed by atoms with Crippen molar-refractivity contribution in [2.75, 3.05) is 0 Å². The lowest BCUT2D eigenvalue weighted by Crippen LogP contribution is -2.30. The number of benzene rings is 3. The molecule has 1 atom stereocenters. The minimum absolute atomic E-state index is 0.365. The number of hydrogen-bond acceptors (Lipinski definition) is 1. The van der Waals surface area contributed by atoms with Crippen LogP contribution < -0.4 is 0 Å². The molecule has 0 spiro atoms. The fraction of sp³-hybridized carbons (Fsp3) is 0.100. The molecule has 2 heteroatoms. The van der Waals surface area contributed by atoms with Crippen LogP contribution in [0.4, 0.5) is 0 Å². The summed E-state index contributed by atoms with van der Waals surface area (Å²) < 4.78 is 0. The monoisotopic (exact) mass is 410 g/mol. The Hall–Kier alpha value is -3.91. The molecule has 2 heterocycles. The highest BCUT2D eigenvalue weighted by Gasteiger charge is 2.50. The van der Waals surface area contributed by atoms with Crippen molar-refractivity contribution in [3.8, 4) is 0 Å². The molecule has 152 valence electrons. The first-order valence-electron chi connectivity index (χ1n) is 11.3. The summed E-state index contributed by atoms with van der Waals surface area (Å²) in [6.45, 7) is 0. The van der Waals surface area contributed by atoms with Gasteiger partial charge < -0.3 is 4.98 Å². The molecule has 0 saturated carbocycles. The van der Waals surface area contributed by atoms with Gasteiger partial charge in [-0.2, -0.15) is 0 Å². The Balaban J connectivity index is 1.69. The molecule has 2 aliphatic carbocycles. The minimum Gasteiger partial charge on any atom is -0.358 e. The Labute approximate surface area is 187 Å². The second kappa shape index (κ2) is 6.54. The van der Waals surface area contributed by atoms with Crippen molar-refractivity contribution in [3.05, 3.63) is 137 Å². The van der Waals surface area contributed by atoms with Crippen LogP contribution >= 0.6 is 0 Å². The van der Waals surface area contributed by atoms with E-state index in [1.54, 1.807) is 0 Å². The van der Waals surface area contributed by atoms with Gasteiger partial charge in [0, 0.05) is 34.6 Å². The molecule has 3 aromatic carbocycles. The highest BCUT2D eigenvalue weighted by atomic mass is 14.7. The van der Waals surface area contributed by atoms with Gasteiger partial charge in [-0.3, -0.25) is 4.98 Å². The molecule has 5 aromatic rings. The average Bonchev–Trinajstić information content (AvgIpc) is 3.39. The molecule has 2 aliphatic rings. The number of allylic oxidation sites excluding steroid dienone is 2. The topological polar surface area (TPSA) is 28.7 Å². The number of aryl methyl sites for hydroxylation is 1. The van der Waals surface area contributed by atoms with Crippen LogP contribution in [0.15, 0.2) is 103 Å². The Kier molecular flexibility index (Phi) is 3.63.